The predicted octanol–water partition coefficient (Wildman–Crippen LogP) is 3.24. The summed E-state index contributed by atoms with van der Waals surface area (Å²) in [5.74, 6) is 0. The summed E-state index contributed by atoms with van der Waals surface area (Å²) >= 11 is 9.92. The lowest BCUT2D eigenvalue weighted by Crippen LogP contribution is -2.41. The van der Waals surface area contributed by atoms with Gasteiger partial charge in [-0.25, -0.2) is 9.59 Å². The van der Waals surface area contributed by atoms with Gasteiger partial charge in [-0.05, 0) is 48.4 Å². The summed E-state index contributed by atoms with van der Waals surface area (Å²) < 4.78 is 7.74. The van der Waals surface area contributed by atoms with Gasteiger partial charge in [-0.3, -0.25) is 13.9 Å². The van der Waals surface area contributed by atoms with Crippen molar-refractivity contribution < 1.29 is 9.53 Å². The zero-order valence-corrected chi connectivity index (χ0v) is 19.3. The number of aromatic amines is 1. The van der Waals surface area contributed by atoms with Crippen molar-refractivity contribution in [2.45, 2.75) is 52.6 Å². The average molecular weight is 470 g/mol. The van der Waals surface area contributed by atoms with E-state index in [1.807, 2.05) is 13.0 Å². The molecule has 2 N–H and O–H groups in total. The minimum absolute atomic E-state index is 0.0613. The highest BCUT2D eigenvalue weighted by Crippen LogP contribution is 2.10. The zero-order valence-electron chi connectivity index (χ0n) is 17.7. The number of hydrogen-bond donors (Lipinski definition) is 3. The number of rotatable bonds is 11. The summed E-state index contributed by atoms with van der Waals surface area (Å²) in [4.78, 5) is 44.3. The number of ether oxygens (including phenoxy) is 1. The highest BCUT2D eigenvalue weighted by Gasteiger charge is 2.16. The molecule has 0 saturated carbocycles. The normalized spacial score (nSPS) is 12.1. The van der Waals surface area contributed by atoms with Crippen molar-refractivity contribution in [1.29, 1.82) is 0 Å². The fourth-order valence-electron chi connectivity index (χ4n) is 3.01. The van der Waals surface area contributed by atoms with Crippen LogP contribution in [-0.4, -0.2) is 38.3 Å². The minimum atomic E-state index is -0.577. The van der Waals surface area contributed by atoms with Crippen LogP contribution in [0.15, 0.2) is 32.7 Å². The van der Waals surface area contributed by atoms with E-state index in [0.717, 1.165) is 29.4 Å². The quantitative estimate of drug-likeness (QED) is 0.202. The van der Waals surface area contributed by atoms with Gasteiger partial charge >= 0.3 is 11.8 Å². The Kier molecular flexibility index (Phi) is 9.93. The second-order valence-electron chi connectivity index (χ2n) is 6.86. The van der Waals surface area contributed by atoms with Crippen LogP contribution < -0.4 is 16.6 Å². The number of amides is 1. The van der Waals surface area contributed by atoms with Gasteiger partial charge in [0, 0.05) is 19.6 Å². The number of halogens is 1. The number of alkyl carbamates (subject to hydrolysis) is 1. The van der Waals surface area contributed by atoms with Crippen LogP contribution in [0.25, 0.3) is 11.2 Å². The van der Waals surface area contributed by atoms with Crippen molar-refractivity contribution >= 4 is 41.5 Å². The number of H-pyrrole nitrogens is 1. The number of aromatic nitrogens is 4. The average Bonchev–Trinajstić information content (AvgIpc) is 3.14. The first-order valence-electron chi connectivity index (χ1n) is 10.2. The number of nitrogens with zero attached hydrogens (tertiary/aromatic N) is 3. The van der Waals surface area contributed by atoms with Crippen molar-refractivity contribution in [1.82, 2.24) is 24.4 Å². The number of thiol groups is 1. The summed E-state index contributed by atoms with van der Waals surface area (Å²) in [5.41, 5.74) is 0.362. The summed E-state index contributed by atoms with van der Waals surface area (Å²) in [5, 5.41) is 4.24. The summed E-state index contributed by atoms with van der Waals surface area (Å²) in [6.45, 7) is 4.86. The van der Waals surface area contributed by atoms with Gasteiger partial charge in [0.25, 0.3) is 5.56 Å². The molecule has 9 nitrogen and oxygen atoms in total. The van der Waals surface area contributed by atoms with Gasteiger partial charge in [0.2, 0.25) is 5.28 Å². The van der Waals surface area contributed by atoms with Crippen LogP contribution >= 0.6 is 24.2 Å². The van der Waals surface area contributed by atoms with E-state index >= 15 is 0 Å². The number of imidazole rings is 1. The number of nitrogens with one attached hydrogen (secondary N) is 2. The monoisotopic (exact) mass is 469 g/mol. The number of carbonyl (C=O) groups is 1. The molecule has 0 spiro atoms. The molecule has 2 aromatic heterocycles. The van der Waals surface area contributed by atoms with Crippen LogP contribution in [0.1, 0.15) is 39.5 Å². The number of fused-ring (bicyclic) bond motifs is 1. The molecule has 2 aromatic rings. The Bertz CT molecular complexity index is 1070. The van der Waals surface area contributed by atoms with Crippen molar-refractivity contribution in [3.63, 3.8) is 0 Å². The molecular formula is C20H28ClN5O4S. The Labute approximate surface area is 190 Å². The molecule has 0 fully saturated rings. The molecule has 0 saturated heterocycles. The highest BCUT2D eigenvalue weighted by molar-refractivity contribution is 7.83. The first-order valence-corrected chi connectivity index (χ1v) is 11.1. The van der Waals surface area contributed by atoms with E-state index in [-0.39, 0.29) is 36.1 Å². The maximum atomic E-state index is 12.9. The van der Waals surface area contributed by atoms with Crippen LogP contribution in [0.4, 0.5) is 4.79 Å². The lowest BCUT2D eigenvalue weighted by molar-refractivity contribution is 0.156. The number of allylic oxidation sites excluding steroid dienone is 1. The standard InChI is InChI=1S/C20H28ClN5O4S/c1-3-5-6-10-25-16-15(23-18(21)24-16)17(27)26(20(25)29)11-7-9-22-19(28)30-13-14(4-2)8-12-31/h4,8,12,31H,3,5-7,9-11,13H2,1-2H3,(H,22,28)(H,23,24)/b12-8-,14-4+. The van der Waals surface area contributed by atoms with Gasteiger partial charge in [0.1, 0.15) is 6.61 Å². The van der Waals surface area contributed by atoms with E-state index in [9.17, 15) is 14.4 Å². The number of carbonyl (C=O) groups excluding carboxylic acids is 1. The number of aryl methyl sites for hydroxylation is 1. The first-order chi connectivity index (χ1) is 14.9. The third-order valence-corrected chi connectivity index (χ3v) is 5.00. The van der Waals surface area contributed by atoms with Crippen LogP contribution in [0.2, 0.25) is 5.28 Å². The molecular weight excluding hydrogens is 442 g/mol. The minimum Gasteiger partial charge on any atom is -0.445 e. The maximum Gasteiger partial charge on any atom is 0.407 e. The second kappa shape index (κ2) is 12.4. The molecule has 2 heterocycles. The third-order valence-electron chi connectivity index (χ3n) is 4.67. The Morgan fingerprint density at radius 2 is 2.00 bits per heavy atom. The molecule has 1 amide bonds. The van der Waals surface area contributed by atoms with Crippen LogP contribution in [-0.2, 0) is 17.8 Å². The van der Waals surface area contributed by atoms with Crippen LogP contribution in [0.3, 0.4) is 0 Å². The Hall–Kier alpha value is -2.46. The summed E-state index contributed by atoms with van der Waals surface area (Å²) in [6.07, 6.45) is 6.09. The second-order valence-corrected chi connectivity index (χ2v) is 7.52. The summed E-state index contributed by atoms with van der Waals surface area (Å²) in [7, 11) is 0. The van der Waals surface area contributed by atoms with E-state index < -0.39 is 17.3 Å². The van der Waals surface area contributed by atoms with Crippen LogP contribution in [0, 0.1) is 0 Å². The molecule has 0 aliphatic rings. The van der Waals surface area contributed by atoms with Gasteiger partial charge in [0.15, 0.2) is 11.2 Å². The van der Waals surface area contributed by atoms with Crippen LogP contribution in [0.5, 0.6) is 0 Å². The molecule has 0 aliphatic carbocycles. The van der Waals surface area contributed by atoms with E-state index in [2.05, 4.69) is 34.8 Å². The molecule has 170 valence electrons. The molecule has 0 unspecified atom stereocenters. The third kappa shape index (κ3) is 6.76. The van der Waals surface area contributed by atoms with Crippen molar-refractivity contribution in [2.75, 3.05) is 13.2 Å². The van der Waals surface area contributed by atoms with Gasteiger partial charge in [-0.2, -0.15) is 17.6 Å². The number of unbranched alkanes of at least 4 members (excludes halogenated alkanes) is 2. The van der Waals surface area contributed by atoms with Gasteiger partial charge in [-0.15, -0.1) is 0 Å². The SMILES string of the molecule is C/C=C(\C=C/S)COC(=O)NCCCn1c(=O)c2[nH]c(Cl)nc2n(CCCCC)c1=O. The first kappa shape index (κ1) is 24.8. The molecule has 0 radical (unpaired) electrons. The predicted molar refractivity (Wildman–Crippen MR) is 125 cm³/mol. The fraction of sp³-hybridized carbons (Fsp3) is 0.500. The lowest BCUT2D eigenvalue weighted by atomic mass is 10.2. The van der Waals surface area contributed by atoms with Gasteiger partial charge < -0.3 is 15.0 Å². The molecule has 0 bridgehead atoms. The molecule has 2 rings (SSSR count). The Balaban J connectivity index is 2.04. The van der Waals surface area contributed by atoms with Crippen molar-refractivity contribution in [3.05, 3.63) is 49.3 Å². The Morgan fingerprint density at radius 1 is 1.26 bits per heavy atom. The van der Waals surface area contributed by atoms with Gasteiger partial charge in [0.05, 0.1) is 0 Å². The van der Waals surface area contributed by atoms with E-state index in [4.69, 9.17) is 16.3 Å². The molecule has 0 aromatic carbocycles. The van der Waals surface area contributed by atoms with E-state index in [1.54, 1.807) is 11.5 Å². The fourth-order valence-corrected chi connectivity index (χ4v) is 3.37. The molecule has 0 aliphatic heterocycles. The van der Waals surface area contributed by atoms with Gasteiger partial charge in [-0.1, -0.05) is 25.8 Å². The molecule has 11 heteroatoms. The Morgan fingerprint density at radius 3 is 2.68 bits per heavy atom. The number of hydrogen-bond acceptors (Lipinski definition) is 6. The molecule has 31 heavy (non-hydrogen) atoms. The van der Waals surface area contributed by atoms with E-state index in [1.165, 1.54) is 4.57 Å². The van der Waals surface area contributed by atoms with Crippen molar-refractivity contribution in [2.24, 2.45) is 0 Å². The van der Waals surface area contributed by atoms with E-state index in [0.29, 0.717) is 13.0 Å². The molecule has 0 atom stereocenters. The zero-order chi connectivity index (χ0) is 22.8. The lowest BCUT2D eigenvalue weighted by Gasteiger charge is -2.11. The van der Waals surface area contributed by atoms with Crippen molar-refractivity contribution in [3.8, 4) is 0 Å². The highest BCUT2D eigenvalue weighted by atomic mass is 35.5. The largest absolute Gasteiger partial charge is 0.445 e. The summed E-state index contributed by atoms with van der Waals surface area (Å²) in [6, 6.07) is 0. The smallest absolute Gasteiger partial charge is 0.407 e. The topological polar surface area (TPSA) is 111 Å². The maximum absolute atomic E-state index is 12.9.